The van der Waals surface area contributed by atoms with Gasteiger partial charge in [0.15, 0.2) is 6.23 Å². The standard InChI is InChI=1S/C25H27F3N2O4/c1-12-7-9-29-23-13(12)8-10-30(23)24-20(32)25(2,33)21(34-24)19(31)16-11-17(22(27)28)18(26)15-6-4-3-5-14(15)16/h7-11,19-22,24,31-33H,3-6H2,1-2H3/t19-,20+,21-,24-,25+/m1/s1. The molecule has 0 saturated carbocycles. The first-order valence-corrected chi connectivity index (χ1v) is 11.4. The second kappa shape index (κ2) is 8.34. The number of aromatic nitrogens is 2. The predicted octanol–water partition coefficient (Wildman–Crippen LogP) is 4.04. The summed E-state index contributed by atoms with van der Waals surface area (Å²) in [5.74, 6) is -0.932. The second-order valence-corrected chi connectivity index (χ2v) is 9.48. The molecule has 1 aliphatic heterocycles. The molecule has 34 heavy (non-hydrogen) atoms. The lowest BCUT2D eigenvalue weighted by molar-refractivity contribution is -0.115. The number of alkyl halides is 2. The van der Waals surface area contributed by atoms with Crippen LogP contribution in [0.5, 0.6) is 0 Å². The first-order valence-electron chi connectivity index (χ1n) is 11.4. The van der Waals surface area contributed by atoms with Gasteiger partial charge in [-0.3, -0.25) is 0 Å². The highest BCUT2D eigenvalue weighted by Crippen LogP contribution is 2.46. The molecule has 3 N–H and O–H groups in total. The monoisotopic (exact) mass is 476 g/mol. The third kappa shape index (κ3) is 3.45. The molecule has 2 aromatic heterocycles. The van der Waals surface area contributed by atoms with Gasteiger partial charge in [0.1, 0.15) is 35.4 Å². The fourth-order valence-electron chi connectivity index (χ4n) is 5.37. The van der Waals surface area contributed by atoms with Crippen LogP contribution >= 0.6 is 0 Å². The van der Waals surface area contributed by atoms with E-state index in [0.717, 1.165) is 23.4 Å². The highest BCUT2D eigenvalue weighted by molar-refractivity contribution is 5.79. The van der Waals surface area contributed by atoms with Crippen LogP contribution in [0.25, 0.3) is 11.0 Å². The van der Waals surface area contributed by atoms with Gasteiger partial charge in [-0.1, -0.05) is 0 Å². The summed E-state index contributed by atoms with van der Waals surface area (Å²) < 4.78 is 49.6. The highest BCUT2D eigenvalue weighted by Gasteiger charge is 2.56. The highest BCUT2D eigenvalue weighted by atomic mass is 19.3. The predicted molar refractivity (Wildman–Crippen MR) is 118 cm³/mol. The van der Waals surface area contributed by atoms with Crippen molar-refractivity contribution in [3.63, 3.8) is 0 Å². The summed E-state index contributed by atoms with van der Waals surface area (Å²) in [6.45, 7) is 3.25. The molecule has 0 radical (unpaired) electrons. The van der Waals surface area contributed by atoms with Gasteiger partial charge in [-0.25, -0.2) is 18.2 Å². The Morgan fingerprint density at radius 1 is 1.18 bits per heavy atom. The second-order valence-electron chi connectivity index (χ2n) is 9.48. The molecule has 0 bridgehead atoms. The first-order chi connectivity index (χ1) is 16.1. The average Bonchev–Trinajstić information content (AvgIpc) is 3.33. The van der Waals surface area contributed by atoms with Crippen molar-refractivity contribution in [1.82, 2.24) is 9.55 Å². The van der Waals surface area contributed by atoms with Gasteiger partial charge in [-0.15, -0.1) is 0 Å². The van der Waals surface area contributed by atoms with Gasteiger partial charge < -0.3 is 24.6 Å². The van der Waals surface area contributed by atoms with Crippen molar-refractivity contribution < 1.29 is 33.2 Å². The number of aryl methyl sites for hydroxylation is 1. The molecule has 0 amide bonds. The minimum atomic E-state index is -3.05. The maximum absolute atomic E-state index is 14.8. The van der Waals surface area contributed by atoms with E-state index < -0.39 is 47.9 Å². The van der Waals surface area contributed by atoms with E-state index in [9.17, 15) is 28.5 Å². The molecule has 1 aromatic carbocycles. The minimum absolute atomic E-state index is 0.107. The zero-order valence-electron chi connectivity index (χ0n) is 18.9. The zero-order valence-corrected chi connectivity index (χ0v) is 18.9. The van der Waals surface area contributed by atoms with Gasteiger partial charge >= 0.3 is 0 Å². The van der Waals surface area contributed by atoms with Crippen LogP contribution in [0.4, 0.5) is 13.2 Å². The fraction of sp³-hybridized carbons (Fsp3) is 0.480. The number of hydrogen-bond donors (Lipinski definition) is 3. The summed E-state index contributed by atoms with van der Waals surface area (Å²) >= 11 is 0. The van der Waals surface area contributed by atoms with Gasteiger partial charge in [0, 0.05) is 17.8 Å². The van der Waals surface area contributed by atoms with Crippen molar-refractivity contribution in [1.29, 1.82) is 0 Å². The Balaban J connectivity index is 1.56. The van der Waals surface area contributed by atoms with E-state index in [4.69, 9.17) is 4.74 Å². The molecule has 182 valence electrons. The number of hydrogen-bond acceptors (Lipinski definition) is 5. The van der Waals surface area contributed by atoms with Crippen molar-refractivity contribution >= 4 is 11.0 Å². The van der Waals surface area contributed by atoms with Crippen LogP contribution in [-0.4, -0.2) is 42.7 Å². The molecule has 0 unspecified atom stereocenters. The summed E-state index contributed by atoms with van der Waals surface area (Å²) in [7, 11) is 0. The number of benzene rings is 1. The van der Waals surface area contributed by atoms with E-state index in [-0.39, 0.29) is 11.1 Å². The molecule has 2 aliphatic rings. The van der Waals surface area contributed by atoms with Crippen LogP contribution < -0.4 is 0 Å². The topological polar surface area (TPSA) is 87.7 Å². The summed E-state index contributed by atoms with van der Waals surface area (Å²) in [4.78, 5) is 4.36. The van der Waals surface area contributed by atoms with Crippen molar-refractivity contribution in [2.24, 2.45) is 0 Å². The van der Waals surface area contributed by atoms with Crippen molar-refractivity contribution in [2.75, 3.05) is 0 Å². The maximum atomic E-state index is 14.8. The molecule has 6 nitrogen and oxygen atoms in total. The number of aliphatic hydroxyl groups excluding tert-OH is 2. The number of ether oxygens (including phenoxy) is 1. The summed E-state index contributed by atoms with van der Waals surface area (Å²) in [6.07, 6.45) is -3.07. The summed E-state index contributed by atoms with van der Waals surface area (Å²) in [5, 5.41) is 34.3. The third-order valence-electron chi connectivity index (χ3n) is 7.32. The van der Waals surface area contributed by atoms with E-state index in [1.165, 1.54) is 6.92 Å². The van der Waals surface area contributed by atoms with E-state index in [2.05, 4.69) is 4.98 Å². The quantitative estimate of drug-likeness (QED) is 0.529. The first kappa shape index (κ1) is 23.3. The van der Waals surface area contributed by atoms with E-state index >= 15 is 0 Å². The van der Waals surface area contributed by atoms with Crippen molar-refractivity contribution in [3.05, 3.63) is 64.2 Å². The number of aliphatic hydroxyl groups is 3. The average molecular weight is 476 g/mol. The molecule has 3 aromatic rings. The summed E-state index contributed by atoms with van der Waals surface area (Å²) in [6, 6.07) is 4.64. The van der Waals surface area contributed by atoms with Crippen LogP contribution in [0.15, 0.2) is 30.6 Å². The molecule has 9 heteroatoms. The fourth-order valence-corrected chi connectivity index (χ4v) is 5.37. The number of nitrogens with zero attached hydrogens (tertiary/aromatic N) is 2. The summed E-state index contributed by atoms with van der Waals surface area (Å²) in [5.41, 5.74) is -0.431. The Labute approximate surface area is 194 Å². The molecular formula is C25H27F3N2O4. The molecule has 1 saturated heterocycles. The lowest BCUT2D eigenvalue weighted by atomic mass is 9.81. The molecule has 5 rings (SSSR count). The van der Waals surface area contributed by atoms with Crippen LogP contribution in [-0.2, 0) is 17.6 Å². The Morgan fingerprint density at radius 3 is 2.59 bits per heavy atom. The van der Waals surface area contributed by atoms with Gasteiger partial charge in [0.2, 0.25) is 0 Å². The largest absolute Gasteiger partial charge is 0.386 e. The molecule has 5 atom stereocenters. The number of halogens is 3. The number of fused-ring (bicyclic) bond motifs is 2. The lowest BCUT2D eigenvalue weighted by Gasteiger charge is -2.32. The van der Waals surface area contributed by atoms with Crippen LogP contribution in [0.1, 0.15) is 66.3 Å². The van der Waals surface area contributed by atoms with E-state index in [0.29, 0.717) is 30.5 Å². The Hall–Kier alpha value is -2.46. The number of pyridine rings is 1. The van der Waals surface area contributed by atoms with Crippen molar-refractivity contribution in [2.45, 2.75) is 76.1 Å². The minimum Gasteiger partial charge on any atom is -0.386 e. The van der Waals surface area contributed by atoms with Crippen LogP contribution in [0.3, 0.4) is 0 Å². The lowest BCUT2D eigenvalue weighted by Crippen LogP contribution is -2.47. The zero-order chi connectivity index (χ0) is 24.4. The van der Waals surface area contributed by atoms with Gasteiger partial charge in [0.25, 0.3) is 6.43 Å². The third-order valence-corrected chi connectivity index (χ3v) is 7.32. The van der Waals surface area contributed by atoms with E-state index in [1.54, 1.807) is 17.0 Å². The molecular weight excluding hydrogens is 449 g/mol. The Bertz CT molecular complexity index is 1240. The van der Waals surface area contributed by atoms with E-state index in [1.807, 2.05) is 19.1 Å². The molecule has 1 fully saturated rings. The van der Waals surface area contributed by atoms with Gasteiger partial charge in [0.05, 0.1) is 5.56 Å². The van der Waals surface area contributed by atoms with Crippen LogP contribution in [0, 0.1) is 12.7 Å². The normalized spacial score (nSPS) is 28.0. The van der Waals surface area contributed by atoms with Crippen molar-refractivity contribution in [3.8, 4) is 0 Å². The molecule has 3 heterocycles. The van der Waals surface area contributed by atoms with Crippen LogP contribution in [0.2, 0.25) is 0 Å². The Kier molecular flexibility index (Phi) is 5.71. The Morgan fingerprint density at radius 2 is 1.88 bits per heavy atom. The maximum Gasteiger partial charge on any atom is 0.266 e. The molecule has 0 spiro atoms. The smallest absolute Gasteiger partial charge is 0.266 e. The molecule has 1 aliphatic carbocycles. The van der Waals surface area contributed by atoms with Gasteiger partial charge in [-0.2, -0.15) is 0 Å². The number of rotatable bonds is 4. The van der Waals surface area contributed by atoms with Gasteiger partial charge in [-0.05, 0) is 80.0 Å². The SMILES string of the molecule is Cc1ccnc2c1ccn2[C@@H]1O[C@H]([C@H](O)c2cc(C(F)F)c(F)c3c2CCCC3)[C@@](C)(O)[C@H]1O.